The van der Waals surface area contributed by atoms with Gasteiger partial charge in [0.1, 0.15) is 11.6 Å². The van der Waals surface area contributed by atoms with Crippen molar-refractivity contribution in [2.45, 2.75) is 13.5 Å². The predicted molar refractivity (Wildman–Crippen MR) is 89.7 cm³/mol. The van der Waals surface area contributed by atoms with E-state index in [9.17, 15) is 14.4 Å². The number of anilines is 1. The van der Waals surface area contributed by atoms with Crippen LogP contribution in [0.15, 0.2) is 29.2 Å². The molecule has 0 saturated carbocycles. The molecule has 1 N–H and O–H groups in total. The molecule has 126 valence electrons. The largest absolute Gasteiger partial charge is 0.465 e. The normalized spacial score (nSPS) is 10.3. The molecule has 2 rings (SSSR count). The third-order valence-corrected chi connectivity index (χ3v) is 3.92. The zero-order valence-electron chi connectivity index (χ0n) is 12.8. The van der Waals surface area contributed by atoms with Crippen LogP contribution in [0.3, 0.4) is 0 Å². The number of aryl methyl sites for hydroxylation is 1. The van der Waals surface area contributed by atoms with Gasteiger partial charge < -0.3 is 10.1 Å². The van der Waals surface area contributed by atoms with Crippen LogP contribution in [0.4, 0.5) is 5.69 Å². The molecule has 0 aliphatic rings. The van der Waals surface area contributed by atoms with Crippen molar-refractivity contribution in [2.24, 2.45) is 0 Å². The van der Waals surface area contributed by atoms with Crippen molar-refractivity contribution in [2.75, 3.05) is 12.4 Å². The molecule has 9 heteroatoms. The van der Waals surface area contributed by atoms with Gasteiger partial charge >= 0.3 is 5.97 Å². The lowest BCUT2D eigenvalue weighted by molar-refractivity contribution is -0.117. The average molecular weight is 370 g/mol. The van der Waals surface area contributed by atoms with Crippen LogP contribution >= 0.6 is 23.2 Å². The number of halogens is 2. The smallest absolute Gasteiger partial charge is 0.337 e. The van der Waals surface area contributed by atoms with Crippen molar-refractivity contribution in [1.82, 2.24) is 9.78 Å². The van der Waals surface area contributed by atoms with E-state index in [1.807, 2.05) is 0 Å². The van der Waals surface area contributed by atoms with Gasteiger partial charge in [0.2, 0.25) is 5.91 Å². The molecule has 7 nitrogen and oxygen atoms in total. The number of hydrogen-bond donors (Lipinski definition) is 1. The molecule has 2 aromatic rings. The molecule has 0 bridgehead atoms. The van der Waals surface area contributed by atoms with Crippen molar-refractivity contribution in [3.63, 3.8) is 0 Å². The Morgan fingerprint density at radius 2 is 2.04 bits per heavy atom. The molecule has 0 aliphatic carbocycles. The van der Waals surface area contributed by atoms with E-state index in [1.54, 1.807) is 19.1 Å². The third-order valence-electron chi connectivity index (χ3n) is 3.17. The fourth-order valence-electron chi connectivity index (χ4n) is 1.88. The van der Waals surface area contributed by atoms with Crippen molar-refractivity contribution >= 4 is 40.8 Å². The first kappa shape index (κ1) is 18.0. The maximum absolute atomic E-state index is 12.1. The molecule has 1 aromatic heterocycles. The number of nitrogens with zero attached hydrogens (tertiary/aromatic N) is 2. The molecule has 1 aromatic carbocycles. The minimum atomic E-state index is -0.667. The molecule has 1 heterocycles. The van der Waals surface area contributed by atoms with Gasteiger partial charge in [-0.25, -0.2) is 9.48 Å². The van der Waals surface area contributed by atoms with Crippen molar-refractivity contribution < 1.29 is 14.3 Å². The Bertz CT molecular complexity index is 864. The lowest BCUT2D eigenvalue weighted by Gasteiger charge is -2.11. The number of nitrogens with one attached hydrogen (secondary N) is 1. The Labute approximate surface area is 147 Å². The number of aromatic nitrogens is 2. The molecular formula is C15H13Cl2N3O4. The zero-order valence-corrected chi connectivity index (χ0v) is 14.3. The van der Waals surface area contributed by atoms with Gasteiger partial charge in [0.05, 0.1) is 23.9 Å². The van der Waals surface area contributed by atoms with Gasteiger partial charge in [-0.2, -0.15) is 5.10 Å². The predicted octanol–water partition coefficient (Wildman–Crippen LogP) is 2.28. The van der Waals surface area contributed by atoms with Crippen LogP contribution in [0, 0.1) is 6.92 Å². The summed E-state index contributed by atoms with van der Waals surface area (Å²) in [7, 11) is 1.27. The van der Waals surface area contributed by atoms with E-state index in [4.69, 9.17) is 23.2 Å². The second kappa shape index (κ2) is 7.46. The number of ether oxygens (including phenoxy) is 1. The highest BCUT2D eigenvalue weighted by Crippen LogP contribution is 2.18. The average Bonchev–Trinajstić information content (AvgIpc) is 2.56. The summed E-state index contributed by atoms with van der Waals surface area (Å²) >= 11 is 11.4. The fraction of sp³-hybridized carbons (Fsp3) is 0.200. The van der Waals surface area contributed by atoms with E-state index >= 15 is 0 Å². The van der Waals surface area contributed by atoms with Crippen LogP contribution in [0.1, 0.15) is 15.9 Å². The minimum absolute atomic E-state index is 0.0138. The van der Waals surface area contributed by atoms with Gasteiger partial charge in [-0.3, -0.25) is 9.59 Å². The summed E-state index contributed by atoms with van der Waals surface area (Å²) in [6, 6.07) is 4.75. The maximum atomic E-state index is 12.1. The van der Waals surface area contributed by atoms with Crippen LogP contribution in [0.25, 0.3) is 0 Å². The SMILES string of the molecule is COC(=O)c1ccc(C)c(NC(=O)Cn2ncc(Cl)c(Cl)c2=O)c1. The molecule has 1 amide bonds. The van der Waals surface area contributed by atoms with E-state index in [0.717, 1.165) is 10.2 Å². The summed E-state index contributed by atoms with van der Waals surface area (Å²) in [5, 5.41) is 6.18. The molecule has 0 unspecified atom stereocenters. The minimum Gasteiger partial charge on any atom is -0.465 e. The number of esters is 1. The van der Waals surface area contributed by atoms with Gasteiger partial charge in [0.25, 0.3) is 5.56 Å². The van der Waals surface area contributed by atoms with Crippen LogP contribution in [-0.2, 0) is 16.1 Å². The van der Waals surface area contributed by atoms with Gasteiger partial charge in [-0.15, -0.1) is 0 Å². The van der Waals surface area contributed by atoms with E-state index in [2.05, 4.69) is 15.2 Å². The van der Waals surface area contributed by atoms with Crippen LogP contribution < -0.4 is 10.9 Å². The molecular weight excluding hydrogens is 357 g/mol. The first-order chi connectivity index (χ1) is 11.3. The highest BCUT2D eigenvalue weighted by Gasteiger charge is 2.13. The first-order valence-electron chi connectivity index (χ1n) is 6.73. The Morgan fingerprint density at radius 1 is 1.33 bits per heavy atom. The van der Waals surface area contributed by atoms with Gasteiger partial charge in [-0.05, 0) is 24.6 Å². The van der Waals surface area contributed by atoms with Gasteiger partial charge in [0, 0.05) is 5.69 Å². The second-order valence-electron chi connectivity index (χ2n) is 4.84. The standard InChI is InChI=1S/C15H13Cl2N3O4/c1-8-3-4-9(15(23)24-2)5-11(8)19-12(21)7-20-14(22)13(17)10(16)6-18-20/h3-6H,7H2,1-2H3,(H,19,21). The Morgan fingerprint density at radius 3 is 2.71 bits per heavy atom. The van der Waals surface area contributed by atoms with Crippen LogP contribution in [0.5, 0.6) is 0 Å². The number of rotatable bonds is 4. The van der Waals surface area contributed by atoms with Crippen molar-refractivity contribution in [3.05, 3.63) is 55.9 Å². The number of carbonyl (C=O) groups is 2. The molecule has 0 saturated heterocycles. The molecule has 0 radical (unpaired) electrons. The van der Waals surface area contributed by atoms with Crippen LogP contribution in [0.2, 0.25) is 10.0 Å². The molecule has 24 heavy (non-hydrogen) atoms. The number of methoxy groups -OCH3 is 1. The summed E-state index contributed by atoms with van der Waals surface area (Å²) in [5.41, 5.74) is 0.795. The van der Waals surface area contributed by atoms with E-state index in [1.165, 1.54) is 19.4 Å². The number of amides is 1. The monoisotopic (exact) mass is 369 g/mol. The summed E-state index contributed by atoms with van der Waals surface area (Å²) in [6.45, 7) is 1.41. The fourth-order valence-corrected chi connectivity index (χ4v) is 2.16. The lowest BCUT2D eigenvalue weighted by atomic mass is 10.1. The Kier molecular flexibility index (Phi) is 5.58. The van der Waals surface area contributed by atoms with E-state index < -0.39 is 17.4 Å². The molecule has 0 fully saturated rings. The quantitative estimate of drug-likeness (QED) is 0.834. The maximum Gasteiger partial charge on any atom is 0.337 e. The number of carbonyl (C=O) groups excluding carboxylic acids is 2. The number of hydrogen-bond acceptors (Lipinski definition) is 5. The Balaban J connectivity index is 2.20. The van der Waals surface area contributed by atoms with Crippen LogP contribution in [-0.4, -0.2) is 28.8 Å². The van der Waals surface area contributed by atoms with Gasteiger partial charge in [-0.1, -0.05) is 29.3 Å². The van der Waals surface area contributed by atoms with E-state index in [0.29, 0.717) is 11.3 Å². The van der Waals surface area contributed by atoms with Crippen molar-refractivity contribution in [1.29, 1.82) is 0 Å². The number of benzene rings is 1. The molecule has 0 aliphatic heterocycles. The zero-order chi connectivity index (χ0) is 17.9. The summed E-state index contributed by atoms with van der Waals surface area (Å²) in [6.07, 6.45) is 1.18. The van der Waals surface area contributed by atoms with Crippen molar-refractivity contribution in [3.8, 4) is 0 Å². The lowest BCUT2D eigenvalue weighted by Crippen LogP contribution is -2.30. The highest BCUT2D eigenvalue weighted by atomic mass is 35.5. The van der Waals surface area contributed by atoms with E-state index in [-0.39, 0.29) is 16.6 Å². The van der Waals surface area contributed by atoms with Gasteiger partial charge in [0.15, 0.2) is 0 Å². The summed E-state index contributed by atoms with van der Waals surface area (Å²) in [4.78, 5) is 35.6. The third kappa shape index (κ3) is 3.93. The Hall–Kier alpha value is -2.38. The molecule has 0 atom stereocenters. The first-order valence-corrected chi connectivity index (χ1v) is 7.49. The topological polar surface area (TPSA) is 90.3 Å². The molecule has 0 spiro atoms. The summed E-state index contributed by atoms with van der Waals surface area (Å²) < 4.78 is 5.53. The second-order valence-corrected chi connectivity index (χ2v) is 5.62. The highest BCUT2D eigenvalue weighted by molar-refractivity contribution is 6.41. The summed E-state index contributed by atoms with van der Waals surface area (Å²) in [5.74, 6) is -1.03.